The van der Waals surface area contributed by atoms with Crippen LogP contribution < -0.4 is 16.9 Å². The van der Waals surface area contributed by atoms with Crippen LogP contribution in [0.15, 0.2) is 39.9 Å². The fourth-order valence-electron chi connectivity index (χ4n) is 3.30. The Labute approximate surface area is 156 Å². The maximum absolute atomic E-state index is 12.7. The van der Waals surface area contributed by atoms with Gasteiger partial charge in [-0.2, -0.15) is 4.98 Å². The molecule has 11 nitrogen and oxygen atoms in total. The number of imidazole rings is 1. The Morgan fingerprint density at radius 1 is 1.14 bits per heavy atom. The van der Waals surface area contributed by atoms with Crippen molar-refractivity contribution >= 4 is 17.0 Å². The number of nitrogen functional groups attached to an aromatic ring is 1. The minimum Gasteiger partial charge on any atom is -0.394 e. The zero-order chi connectivity index (χ0) is 20.0. The van der Waals surface area contributed by atoms with Gasteiger partial charge in [-0.25, -0.2) is 4.98 Å². The van der Waals surface area contributed by atoms with Crippen LogP contribution in [0.3, 0.4) is 0 Å². The molecule has 2 aromatic heterocycles. The molecule has 0 aliphatic carbocycles. The topological polar surface area (TPSA) is 177 Å². The summed E-state index contributed by atoms with van der Waals surface area (Å²) in [6.45, 7) is -0.548. The van der Waals surface area contributed by atoms with Crippen LogP contribution in [0.4, 0.5) is 5.95 Å². The Morgan fingerprint density at radius 2 is 1.86 bits per heavy atom. The standard InChI is InChI=1S/C17H17N5O6/c18-17-20-14(26)9-10(15(27)21-17)22(13(19-9)7-4-2-1-3-5-7)16-12(25)11(24)8(6-23)28-16/h1-5,8,11-12,16,23-25H,6H2,(H3,18,20,21,26,27)/t8-,11+,12-,16-/m1/s1. The summed E-state index contributed by atoms with van der Waals surface area (Å²) in [5, 5.41) is 30.0. The fourth-order valence-corrected chi connectivity index (χ4v) is 3.30. The second kappa shape index (κ2) is 6.80. The van der Waals surface area contributed by atoms with E-state index in [0.29, 0.717) is 5.56 Å². The number of anilines is 1. The molecule has 3 aromatic rings. The van der Waals surface area contributed by atoms with Crippen LogP contribution in [0, 0.1) is 0 Å². The quantitative estimate of drug-likeness (QED) is 0.352. The maximum Gasteiger partial charge on any atom is 0.301 e. The average molecular weight is 387 g/mol. The van der Waals surface area contributed by atoms with E-state index in [1.54, 1.807) is 30.3 Å². The lowest BCUT2D eigenvalue weighted by molar-refractivity contribution is -0.0501. The van der Waals surface area contributed by atoms with E-state index < -0.39 is 42.3 Å². The van der Waals surface area contributed by atoms with E-state index in [-0.39, 0.29) is 22.8 Å². The van der Waals surface area contributed by atoms with Crippen LogP contribution in [-0.2, 0) is 4.74 Å². The van der Waals surface area contributed by atoms with Gasteiger partial charge >= 0.3 is 5.56 Å². The Morgan fingerprint density at radius 3 is 2.50 bits per heavy atom. The Balaban J connectivity index is 2.08. The third kappa shape index (κ3) is 2.77. The molecule has 4 atom stereocenters. The molecule has 146 valence electrons. The summed E-state index contributed by atoms with van der Waals surface area (Å²) in [5.41, 5.74) is 3.94. The largest absolute Gasteiger partial charge is 0.394 e. The number of hydrogen-bond acceptors (Lipinski definition) is 9. The summed E-state index contributed by atoms with van der Waals surface area (Å²) in [6, 6.07) is 8.62. The van der Waals surface area contributed by atoms with Crippen molar-refractivity contribution < 1.29 is 20.1 Å². The number of nitrogens with one attached hydrogen (secondary N) is 1. The molecule has 0 bridgehead atoms. The van der Waals surface area contributed by atoms with Gasteiger partial charge in [0.1, 0.15) is 29.7 Å². The normalized spacial score (nSPS) is 24.7. The predicted molar refractivity (Wildman–Crippen MR) is 97.3 cm³/mol. The van der Waals surface area contributed by atoms with Crippen molar-refractivity contribution in [3.63, 3.8) is 0 Å². The molecule has 0 radical (unpaired) electrons. The Kier molecular flexibility index (Phi) is 4.43. The molecule has 3 heterocycles. The highest BCUT2D eigenvalue weighted by molar-refractivity contribution is 5.79. The lowest BCUT2D eigenvalue weighted by atomic mass is 10.1. The molecule has 4 rings (SSSR count). The van der Waals surface area contributed by atoms with Gasteiger partial charge in [-0.05, 0) is 0 Å². The number of aliphatic hydroxyl groups excluding tert-OH is 3. The van der Waals surface area contributed by atoms with Crippen molar-refractivity contribution in [2.24, 2.45) is 0 Å². The molecular weight excluding hydrogens is 370 g/mol. The van der Waals surface area contributed by atoms with E-state index in [0.717, 1.165) is 0 Å². The summed E-state index contributed by atoms with van der Waals surface area (Å²) >= 11 is 0. The number of rotatable bonds is 3. The second-order valence-electron chi connectivity index (χ2n) is 6.35. The molecule has 0 unspecified atom stereocenters. The van der Waals surface area contributed by atoms with Crippen LogP contribution >= 0.6 is 0 Å². The van der Waals surface area contributed by atoms with Crippen molar-refractivity contribution in [2.75, 3.05) is 12.3 Å². The minimum absolute atomic E-state index is 0.152. The smallest absolute Gasteiger partial charge is 0.301 e. The molecule has 28 heavy (non-hydrogen) atoms. The van der Waals surface area contributed by atoms with Crippen LogP contribution in [0.2, 0.25) is 0 Å². The third-order valence-corrected chi connectivity index (χ3v) is 4.60. The van der Waals surface area contributed by atoms with E-state index in [1.165, 1.54) is 4.57 Å². The van der Waals surface area contributed by atoms with Gasteiger partial charge in [-0.1, -0.05) is 30.3 Å². The van der Waals surface area contributed by atoms with E-state index in [1.807, 2.05) is 0 Å². The van der Waals surface area contributed by atoms with Crippen molar-refractivity contribution in [2.45, 2.75) is 24.5 Å². The monoisotopic (exact) mass is 387 g/mol. The van der Waals surface area contributed by atoms with Crippen molar-refractivity contribution in [3.05, 3.63) is 51.0 Å². The Bertz CT molecular complexity index is 1140. The molecule has 6 N–H and O–H groups in total. The van der Waals surface area contributed by atoms with E-state index in [9.17, 15) is 24.9 Å². The zero-order valence-corrected chi connectivity index (χ0v) is 14.4. The highest BCUT2D eigenvalue weighted by atomic mass is 16.6. The van der Waals surface area contributed by atoms with Gasteiger partial charge in [0.15, 0.2) is 11.7 Å². The first-order valence-electron chi connectivity index (χ1n) is 8.42. The molecule has 0 amide bonds. The first kappa shape index (κ1) is 18.3. The lowest BCUT2D eigenvalue weighted by Gasteiger charge is -2.19. The minimum atomic E-state index is -1.48. The summed E-state index contributed by atoms with van der Waals surface area (Å²) in [4.78, 5) is 35.2. The average Bonchev–Trinajstić information content (AvgIpc) is 3.17. The number of aliphatic hydroxyl groups is 3. The first-order chi connectivity index (χ1) is 13.4. The number of nitrogens with two attached hydrogens (primary N) is 1. The number of H-pyrrole nitrogens is 1. The molecule has 1 aliphatic rings. The zero-order valence-electron chi connectivity index (χ0n) is 14.4. The molecule has 0 saturated carbocycles. The second-order valence-corrected chi connectivity index (χ2v) is 6.35. The maximum atomic E-state index is 12.7. The van der Waals surface area contributed by atoms with Gasteiger partial charge < -0.3 is 25.8 Å². The summed E-state index contributed by atoms with van der Waals surface area (Å²) in [7, 11) is 0. The van der Waals surface area contributed by atoms with Crippen molar-refractivity contribution in [1.82, 2.24) is 19.5 Å². The molecule has 1 saturated heterocycles. The highest BCUT2D eigenvalue weighted by Crippen LogP contribution is 2.34. The number of aromatic nitrogens is 4. The molecule has 1 fully saturated rings. The first-order valence-corrected chi connectivity index (χ1v) is 8.42. The van der Waals surface area contributed by atoms with Gasteiger partial charge in [0, 0.05) is 5.56 Å². The SMILES string of the molecule is Nc1nc(=O)c2nc(-c3ccccc3)n([C@@H]3O[C@H](CO)[C@H](O)[C@H]3O)c2c(=O)[nH]1. The lowest BCUT2D eigenvalue weighted by Crippen LogP contribution is -2.33. The highest BCUT2D eigenvalue weighted by Gasteiger charge is 2.45. The number of aromatic amines is 1. The summed E-state index contributed by atoms with van der Waals surface area (Å²) in [5.74, 6) is -0.235. The molecular formula is C17H17N5O6. The van der Waals surface area contributed by atoms with Gasteiger partial charge in [0.2, 0.25) is 5.95 Å². The number of hydrogen-bond donors (Lipinski definition) is 5. The fraction of sp³-hybridized carbons (Fsp3) is 0.294. The molecule has 0 spiro atoms. The van der Waals surface area contributed by atoms with Gasteiger partial charge in [-0.15, -0.1) is 0 Å². The van der Waals surface area contributed by atoms with Crippen LogP contribution in [-0.4, -0.2) is 59.8 Å². The Hall–Kier alpha value is -3.12. The number of fused-ring (bicyclic) bond motifs is 1. The molecule has 11 heteroatoms. The number of ether oxygens (including phenoxy) is 1. The van der Waals surface area contributed by atoms with E-state index in [4.69, 9.17) is 10.5 Å². The van der Waals surface area contributed by atoms with E-state index >= 15 is 0 Å². The molecule has 1 aromatic carbocycles. The van der Waals surface area contributed by atoms with Crippen LogP contribution in [0.1, 0.15) is 6.23 Å². The van der Waals surface area contributed by atoms with Crippen molar-refractivity contribution in [3.8, 4) is 11.4 Å². The van der Waals surface area contributed by atoms with Crippen LogP contribution in [0.5, 0.6) is 0 Å². The van der Waals surface area contributed by atoms with Crippen molar-refractivity contribution in [1.29, 1.82) is 0 Å². The number of nitrogens with zero attached hydrogens (tertiary/aromatic N) is 3. The molecule has 1 aliphatic heterocycles. The summed E-state index contributed by atoms with van der Waals surface area (Å²) in [6.07, 6.45) is -5.24. The van der Waals surface area contributed by atoms with Gasteiger partial charge in [-0.3, -0.25) is 19.1 Å². The number of benzene rings is 1. The van der Waals surface area contributed by atoms with Gasteiger partial charge in [0.25, 0.3) is 5.56 Å². The summed E-state index contributed by atoms with van der Waals surface area (Å²) < 4.78 is 6.79. The predicted octanol–water partition coefficient (Wildman–Crippen LogP) is -1.66. The van der Waals surface area contributed by atoms with Gasteiger partial charge in [0.05, 0.1) is 6.61 Å². The third-order valence-electron chi connectivity index (χ3n) is 4.60. The van der Waals surface area contributed by atoms with Crippen LogP contribution in [0.25, 0.3) is 22.4 Å². The van der Waals surface area contributed by atoms with E-state index in [2.05, 4.69) is 15.0 Å².